The molecule has 8 nitrogen and oxygen atoms in total. The van der Waals surface area contributed by atoms with Crippen LogP contribution in [0.4, 0.5) is 0 Å². The van der Waals surface area contributed by atoms with Crippen LogP contribution in [0.5, 0.6) is 0 Å². The monoisotopic (exact) mass is 417 g/mol. The number of amides is 2. The molecule has 1 aromatic carbocycles. The van der Waals surface area contributed by atoms with E-state index in [4.69, 9.17) is 11.5 Å². The minimum absolute atomic E-state index is 0.140. The van der Waals surface area contributed by atoms with Crippen molar-refractivity contribution in [2.24, 2.45) is 22.4 Å². The van der Waals surface area contributed by atoms with Gasteiger partial charge >= 0.3 is 0 Å². The van der Waals surface area contributed by atoms with E-state index in [0.717, 1.165) is 24.7 Å². The Morgan fingerprint density at radius 2 is 1.77 bits per heavy atom. The number of unbranched alkanes of at least 4 members (excludes halogenated alkanes) is 1. The van der Waals surface area contributed by atoms with Gasteiger partial charge in [0.1, 0.15) is 6.29 Å². The van der Waals surface area contributed by atoms with E-state index in [1.54, 1.807) is 18.3 Å². The molecule has 8 heteroatoms. The average Bonchev–Trinajstić information content (AvgIpc) is 2.72. The van der Waals surface area contributed by atoms with Gasteiger partial charge in [0.25, 0.3) is 5.91 Å². The summed E-state index contributed by atoms with van der Waals surface area (Å²) in [6.45, 7) is 5.48. The molecule has 6 N–H and O–H groups in total. The van der Waals surface area contributed by atoms with Gasteiger partial charge in [0, 0.05) is 24.9 Å². The maximum atomic E-state index is 12.1. The van der Waals surface area contributed by atoms with Crippen molar-refractivity contribution in [2.45, 2.75) is 51.6 Å². The van der Waals surface area contributed by atoms with E-state index in [9.17, 15) is 14.4 Å². The number of aliphatic imine (C=N–C) groups is 1. The molecule has 0 fully saturated rings. The van der Waals surface area contributed by atoms with E-state index >= 15 is 0 Å². The number of benzene rings is 1. The van der Waals surface area contributed by atoms with Gasteiger partial charge in [-0.2, -0.15) is 0 Å². The van der Waals surface area contributed by atoms with E-state index < -0.39 is 12.1 Å². The Labute approximate surface area is 178 Å². The van der Waals surface area contributed by atoms with E-state index in [1.807, 2.05) is 26.0 Å². The zero-order valence-electron chi connectivity index (χ0n) is 18.0. The molecule has 2 unspecified atom stereocenters. The minimum atomic E-state index is -0.485. The number of hydrogen-bond donors (Lipinski definition) is 4. The molecule has 2 atom stereocenters. The van der Waals surface area contributed by atoms with E-state index in [-0.39, 0.29) is 11.8 Å². The lowest BCUT2D eigenvalue weighted by atomic mass is 10.0. The summed E-state index contributed by atoms with van der Waals surface area (Å²) in [4.78, 5) is 38.7. The Balaban J connectivity index is 2.29. The highest BCUT2D eigenvalue weighted by Gasteiger charge is 2.13. The van der Waals surface area contributed by atoms with Crippen LogP contribution in [0.3, 0.4) is 0 Å². The summed E-state index contributed by atoms with van der Waals surface area (Å²) in [5.74, 6) is 0.0839. The number of carbonyl (C=O) groups is 3. The van der Waals surface area contributed by atoms with Crippen LogP contribution in [-0.2, 0) is 9.59 Å². The number of nitrogens with zero attached hydrogens (tertiary/aromatic N) is 1. The molecule has 0 aliphatic rings. The first-order valence-corrected chi connectivity index (χ1v) is 10.5. The summed E-state index contributed by atoms with van der Waals surface area (Å²) in [5.41, 5.74) is 12.8. The molecule has 1 rings (SSSR count). The molecule has 0 aromatic heterocycles. The number of hydrogen-bond acceptors (Lipinski definition) is 6. The normalized spacial score (nSPS) is 13.2. The van der Waals surface area contributed by atoms with Crippen molar-refractivity contribution >= 4 is 24.3 Å². The van der Waals surface area contributed by atoms with Gasteiger partial charge in [-0.05, 0) is 49.3 Å². The van der Waals surface area contributed by atoms with Crippen LogP contribution < -0.4 is 22.1 Å². The third-order valence-electron chi connectivity index (χ3n) is 4.44. The molecule has 0 bridgehead atoms. The predicted octanol–water partition coefficient (Wildman–Crippen LogP) is 1.02. The fourth-order valence-electron chi connectivity index (χ4n) is 2.76. The van der Waals surface area contributed by atoms with Crippen LogP contribution in [0.25, 0.3) is 0 Å². The van der Waals surface area contributed by atoms with Gasteiger partial charge in [0.15, 0.2) is 0 Å². The molecular formula is C22H35N5O3. The van der Waals surface area contributed by atoms with Crippen LogP contribution in [0.1, 0.15) is 55.5 Å². The summed E-state index contributed by atoms with van der Waals surface area (Å²) in [7, 11) is 0. The maximum Gasteiger partial charge on any atom is 0.251 e. The van der Waals surface area contributed by atoms with Gasteiger partial charge in [-0.3, -0.25) is 14.6 Å². The molecule has 0 aliphatic heterocycles. The summed E-state index contributed by atoms with van der Waals surface area (Å²) < 4.78 is 0. The van der Waals surface area contributed by atoms with Crippen LogP contribution in [0, 0.1) is 5.92 Å². The molecule has 166 valence electrons. The van der Waals surface area contributed by atoms with Crippen molar-refractivity contribution in [1.82, 2.24) is 10.6 Å². The highest BCUT2D eigenvalue weighted by molar-refractivity contribution is 5.95. The lowest BCUT2D eigenvalue weighted by molar-refractivity contribution is -0.122. The molecule has 0 saturated heterocycles. The average molecular weight is 418 g/mol. The van der Waals surface area contributed by atoms with Crippen molar-refractivity contribution in [3.8, 4) is 0 Å². The minimum Gasteiger partial charge on any atom is -0.353 e. The third kappa shape index (κ3) is 10.8. The second-order valence-corrected chi connectivity index (χ2v) is 7.74. The Hall–Kier alpha value is -2.58. The Morgan fingerprint density at radius 3 is 2.40 bits per heavy atom. The van der Waals surface area contributed by atoms with E-state index in [1.165, 1.54) is 0 Å². The van der Waals surface area contributed by atoms with Gasteiger partial charge in [-0.15, -0.1) is 0 Å². The lowest BCUT2D eigenvalue weighted by Gasteiger charge is -2.13. The van der Waals surface area contributed by atoms with Crippen molar-refractivity contribution in [3.63, 3.8) is 0 Å². The van der Waals surface area contributed by atoms with Crippen molar-refractivity contribution < 1.29 is 14.4 Å². The maximum absolute atomic E-state index is 12.1. The van der Waals surface area contributed by atoms with Crippen LogP contribution in [0.15, 0.2) is 29.3 Å². The van der Waals surface area contributed by atoms with Crippen LogP contribution >= 0.6 is 0 Å². The number of nitrogens with two attached hydrogens (primary N) is 2. The summed E-state index contributed by atoms with van der Waals surface area (Å²) >= 11 is 0. The first-order valence-electron chi connectivity index (χ1n) is 10.5. The molecule has 2 amide bonds. The summed E-state index contributed by atoms with van der Waals surface area (Å²) in [5, 5.41) is 5.63. The quantitative estimate of drug-likeness (QED) is 0.203. The molecule has 0 spiro atoms. The fourth-order valence-corrected chi connectivity index (χ4v) is 2.76. The zero-order chi connectivity index (χ0) is 22.4. The SMILES string of the molecule is CC(C)CC(N)C(=O)NCCN=Cc1ccc(C(=O)NCCCCC(N)C=O)cc1. The molecular weight excluding hydrogens is 382 g/mol. The molecule has 30 heavy (non-hydrogen) atoms. The fraction of sp³-hybridized carbons (Fsp3) is 0.545. The first-order chi connectivity index (χ1) is 14.3. The Kier molecular flexibility index (Phi) is 12.2. The van der Waals surface area contributed by atoms with E-state index in [0.29, 0.717) is 44.0 Å². The van der Waals surface area contributed by atoms with Gasteiger partial charge < -0.3 is 26.9 Å². The Morgan fingerprint density at radius 1 is 1.07 bits per heavy atom. The van der Waals surface area contributed by atoms with Gasteiger partial charge in [-0.1, -0.05) is 26.0 Å². The predicted molar refractivity (Wildman–Crippen MR) is 120 cm³/mol. The molecule has 0 radical (unpaired) electrons. The van der Waals surface area contributed by atoms with Crippen molar-refractivity contribution in [2.75, 3.05) is 19.6 Å². The van der Waals surface area contributed by atoms with Crippen molar-refractivity contribution in [3.05, 3.63) is 35.4 Å². The zero-order valence-corrected chi connectivity index (χ0v) is 18.0. The first kappa shape index (κ1) is 25.5. The van der Waals surface area contributed by atoms with Crippen LogP contribution in [-0.4, -0.2) is 56.0 Å². The molecule has 0 heterocycles. The highest BCUT2D eigenvalue weighted by Crippen LogP contribution is 2.04. The molecule has 0 aliphatic carbocycles. The topological polar surface area (TPSA) is 140 Å². The van der Waals surface area contributed by atoms with Gasteiger partial charge in [0.2, 0.25) is 5.91 Å². The number of carbonyl (C=O) groups excluding carboxylic acids is 3. The summed E-state index contributed by atoms with van der Waals surface area (Å²) in [6, 6.07) is 6.21. The highest BCUT2D eigenvalue weighted by atomic mass is 16.2. The number of nitrogens with one attached hydrogen (secondary N) is 2. The molecule has 1 aromatic rings. The van der Waals surface area contributed by atoms with Crippen molar-refractivity contribution in [1.29, 1.82) is 0 Å². The van der Waals surface area contributed by atoms with E-state index in [2.05, 4.69) is 15.6 Å². The van der Waals surface area contributed by atoms with Crippen LogP contribution in [0.2, 0.25) is 0 Å². The number of aldehydes is 1. The third-order valence-corrected chi connectivity index (χ3v) is 4.44. The second kappa shape index (κ2) is 14.4. The number of rotatable bonds is 14. The largest absolute Gasteiger partial charge is 0.353 e. The lowest BCUT2D eigenvalue weighted by Crippen LogP contribution is -2.42. The van der Waals surface area contributed by atoms with Gasteiger partial charge in [-0.25, -0.2) is 0 Å². The summed E-state index contributed by atoms with van der Waals surface area (Å²) in [6.07, 6.45) is 5.29. The standard InChI is InChI=1S/C22H35N5O3/c1-16(2)13-20(24)22(30)27-12-11-25-14-17-6-8-18(9-7-17)21(29)26-10-4-3-5-19(23)15-28/h6-9,14-16,19-20H,3-5,10-13,23-24H2,1-2H3,(H,26,29)(H,27,30). The smallest absolute Gasteiger partial charge is 0.251 e. The second-order valence-electron chi connectivity index (χ2n) is 7.74. The Bertz CT molecular complexity index is 689. The molecule has 0 saturated carbocycles. The van der Waals surface area contributed by atoms with Gasteiger partial charge in [0.05, 0.1) is 18.6 Å².